The van der Waals surface area contributed by atoms with Crippen molar-refractivity contribution in [3.05, 3.63) is 29.6 Å². The van der Waals surface area contributed by atoms with Crippen LogP contribution in [-0.2, 0) is 16.0 Å². The van der Waals surface area contributed by atoms with Crippen LogP contribution in [0.2, 0.25) is 0 Å². The number of amides is 2. The van der Waals surface area contributed by atoms with Crippen molar-refractivity contribution in [2.24, 2.45) is 11.7 Å². The number of carbonyl (C=O) groups excluding carboxylic acids is 2. The molecule has 1 heterocycles. The van der Waals surface area contributed by atoms with Crippen LogP contribution in [0.25, 0.3) is 0 Å². The lowest BCUT2D eigenvalue weighted by molar-refractivity contribution is -0.124. The lowest BCUT2D eigenvalue weighted by atomic mass is 10.0. The number of primary amides is 1. The van der Waals surface area contributed by atoms with Crippen LogP contribution in [0, 0.1) is 12.8 Å². The van der Waals surface area contributed by atoms with Crippen molar-refractivity contribution in [2.45, 2.75) is 38.6 Å². The first kappa shape index (κ1) is 13.5. The van der Waals surface area contributed by atoms with Gasteiger partial charge in [0.1, 0.15) is 0 Å². The Balaban J connectivity index is 1.90. The Morgan fingerprint density at radius 3 is 2.84 bits per heavy atom. The highest BCUT2D eigenvalue weighted by atomic mass is 16.2. The SMILES string of the molecule is Cc1ccc(CC(=O)N[C@@H]2CCC[C@H]2C(N)=O)cn1. The Hall–Kier alpha value is -1.91. The molecule has 0 aromatic carbocycles. The van der Waals surface area contributed by atoms with Gasteiger partial charge in [-0.1, -0.05) is 12.5 Å². The molecule has 0 aliphatic heterocycles. The summed E-state index contributed by atoms with van der Waals surface area (Å²) >= 11 is 0. The minimum absolute atomic E-state index is 0.0798. The molecule has 1 fully saturated rings. The second-order valence-electron chi connectivity index (χ2n) is 5.10. The Bertz CT molecular complexity index is 470. The van der Waals surface area contributed by atoms with Gasteiger partial charge in [-0.25, -0.2) is 0 Å². The molecule has 1 aliphatic rings. The molecule has 0 spiro atoms. The number of pyridine rings is 1. The van der Waals surface area contributed by atoms with Gasteiger partial charge in [-0.2, -0.15) is 0 Å². The summed E-state index contributed by atoms with van der Waals surface area (Å²) in [6.45, 7) is 1.90. The second kappa shape index (κ2) is 5.82. The summed E-state index contributed by atoms with van der Waals surface area (Å²) < 4.78 is 0. The maximum atomic E-state index is 11.9. The fourth-order valence-electron chi connectivity index (χ4n) is 2.52. The first-order valence-corrected chi connectivity index (χ1v) is 6.56. The lowest BCUT2D eigenvalue weighted by Crippen LogP contribution is -2.42. The maximum Gasteiger partial charge on any atom is 0.224 e. The summed E-state index contributed by atoms with van der Waals surface area (Å²) in [6, 6.07) is 3.66. The third kappa shape index (κ3) is 3.53. The summed E-state index contributed by atoms with van der Waals surface area (Å²) in [4.78, 5) is 27.3. The van der Waals surface area contributed by atoms with Crippen molar-refractivity contribution < 1.29 is 9.59 Å². The zero-order chi connectivity index (χ0) is 13.8. The Kier molecular flexibility index (Phi) is 4.14. The van der Waals surface area contributed by atoms with Crippen molar-refractivity contribution in [1.82, 2.24) is 10.3 Å². The minimum Gasteiger partial charge on any atom is -0.369 e. The van der Waals surface area contributed by atoms with E-state index in [2.05, 4.69) is 10.3 Å². The first-order chi connectivity index (χ1) is 9.06. The molecule has 19 heavy (non-hydrogen) atoms. The molecular formula is C14H19N3O2. The molecule has 1 aliphatic carbocycles. The summed E-state index contributed by atoms with van der Waals surface area (Å²) in [5.41, 5.74) is 7.13. The Labute approximate surface area is 112 Å². The van der Waals surface area contributed by atoms with Crippen LogP contribution >= 0.6 is 0 Å². The lowest BCUT2D eigenvalue weighted by Gasteiger charge is -2.18. The monoisotopic (exact) mass is 261 g/mol. The van der Waals surface area contributed by atoms with Crippen LogP contribution in [0.4, 0.5) is 0 Å². The molecular weight excluding hydrogens is 242 g/mol. The number of hydrogen-bond donors (Lipinski definition) is 2. The van der Waals surface area contributed by atoms with E-state index >= 15 is 0 Å². The second-order valence-corrected chi connectivity index (χ2v) is 5.10. The highest BCUT2D eigenvalue weighted by molar-refractivity contribution is 5.82. The van der Waals surface area contributed by atoms with Crippen LogP contribution < -0.4 is 11.1 Å². The number of aryl methyl sites for hydroxylation is 1. The summed E-state index contributed by atoms with van der Waals surface area (Å²) in [5, 5.41) is 2.91. The van der Waals surface area contributed by atoms with Crippen LogP contribution in [-0.4, -0.2) is 22.8 Å². The van der Waals surface area contributed by atoms with E-state index in [1.54, 1.807) is 6.20 Å². The van der Waals surface area contributed by atoms with Crippen molar-refractivity contribution in [3.8, 4) is 0 Å². The number of nitrogens with two attached hydrogens (primary N) is 1. The smallest absolute Gasteiger partial charge is 0.224 e. The zero-order valence-corrected chi connectivity index (χ0v) is 11.1. The molecule has 5 nitrogen and oxygen atoms in total. The van der Waals surface area contributed by atoms with Crippen LogP contribution in [0.1, 0.15) is 30.5 Å². The van der Waals surface area contributed by atoms with Crippen molar-refractivity contribution in [3.63, 3.8) is 0 Å². The summed E-state index contributed by atoms with van der Waals surface area (Å²) in [7, 11) is 0. The normalized spacial score (nSPS) is 22.2. The molecule has 2 rings (SSSR count). The third-order valence-electron chi connectivity index (χ3n) is 3.57. The van der Waals surface area contributed by atoms with Gasteiger partial charge in [0.05, 0.1) is 12.3 Å². The Morgan fingerprint density at radius 2 is 2.21 bits per heavy atom. The van der Waals surface area contributed by atoms with Gasteiger partial charge < -0.3 is 11.1 Å². The van der Waals surface area contributed by atoms with Crippen molar-refractivity contribution >= 4 is 11.8 Å². The van der Waals surface area contributed by atoms with Gasteiger partial charge in [0.2, 0.25) is 11.8 Å². The summed E-state index contributed by atoms with van der Waals surface area (Å²) in [6.07, 6.45) is 4.52. The van der Waals surface area contributed by atoms with E-state index in [1.165, 1.54) is 0 Å². The number of carbonyl (C=O) groups is 2. The molecule has 0 saturated heterocycles. The average Bonchev–Trinajstić information content (AvgIpc) is 2.80. The van der Waals surface area contributed by atoms with E-state index in [9.17, 15) is 9.59 Å². The Morgan fingerprint density at radius 1 is 1.42 bits per heavy atom. The number of nitrogens with zero attached hydrogens (tertiary/aromatic N) is 1. The van der Waals surface area contributed by atoms with E-state index < -0.39 is 0 Å². The van der Waals surface area contributed by atoms with Gasteiger partial charge in [0.15, 0.2) is 0 Å². The van der Waals surface area contributed by atoms with Gasteiger partial charge >= 0.3 is 0 Å². The van der Waals surface area contributed by atoms with Gasteiger partial charge in [-0.05, 0) is 31.4 Å². The van der Waals surface area contributed by atoms with Crippen molar-refractivity contribution in [2.75, 3.05) is 0 Å². The molecule has 1 aromatic rings. The summed E-state index contributed by atoms with van der Waals surface area (Å²) in [5.74, 6) is -0.622. The topological polar surface area (TPSA) is 85.1 Å². The fraction of sp³-hybridized carbons (Fsp3) is 0.500. The molecule has 5 heteroatoms. The maximum absolute atomic E-state index is 11.9. The van der Waals surface area contributed by atoms with E-state index in [-0.39, 0.29) is 30.2 Å². The number of nitrogens with one attached hydrogen (secondary N) is 1. The quantitative estimate of drug-likeness (QED) is 0.836. The number of rotatable bonds is 4. The standard InChI is InChI=1S/C14H19N3O2/c1-9-5-6-10(8-16-9)7-13(18)17-12-4-2-3-11(12)14(15)19/h5-6,8,11-12H,2-4,7H2,1H3,(H2,15,19)(H,17,18)/t11-,12-/m1/s1. The van der Waals surface area contributed by atoms with Gasteiger partial charge in [0, 0.05) is 17.9 Å². The predicted octanol–water partition coefficient (Wildman–Crippen LogP) is 0.703. The highest BCUT2D eigenvalue weighted by Gasteiger charge is 2.32. The highest BCUT2D eigenvalue weighted by Crippen LogP contribution is 2.25. The minimum atomic E-state index is -0.320. The number of hydrogen-bond acceptors (Lipinski definition) is 3. The average molecular weight is 261 g/mol. The zero-order valence-electron chi connectivity index (χ0n) is 11.1. The van der Waals surface area contributed by atoms with Gasteiger partial charge in [-0.15, -0.1) is 0 Å². The van der Waals surface area contributed by atoms with E-state index in [0.717, 1.165) is 30.5 Å². The third-order valence-corrected chi connectivity index (χ3v) is 3.57. The van der Waals surface area contributed by atoms with Crippen molar-refractivity contribution in [1.29, 1.82) is 0 Å². The number of aromatic nitrogens is 1. The molecule has 2 amide bonds. The molecule has 3 N–H and O–H groups in total. The van der Waals surface area contributed by atoms with Gasteiger partial charge in [0.25, 0.3) is 0 Å². The molecule has 2 atom stereocenters. The molecule has 0 bridgehead atoms. The van der Waals surface area contributed by atoms with Crippen LogP contribution in [0.3, 0.4) is 0 Å². The molecule has 1 aromatic heterocycles. The first-order valence-electron chi connectivity index (χ1n) is 6.56. The van der Waals surface area contributed by atoms with Gasteiger partial charge in [-0.3, -0.25) is 14.6 Å². The molecule has 1 saturated carbocycles. The predicted molar refractivity (Wildman–Crippen MR) is 71.1 cm³/mol. The van der Waals surface area contributed by atoms with E-state index in [4.69, 9.17) is 5.73 Å². The van der Waals surface area contributed by atoms with E-state index in [1.807, 2.05) is 19.1 Å². The fourth-order valence-corrected chi connectivity index (χ4v) is 2.52. The van der Waals surface area contributed by atoms with Crippen LogP contribution in [0.5, 0.6) is 0 Å². The molecule has 0 unspecified atom stereocenters. The van der Waals surface area contributed by atoms with Crippen LogP contribution in [0.15, 0.2) is 18.3 Å². The van der Waals surface area contributed by atoms with E-state index in [0.29, 0.717) is 0 Å². The molecule has 102 valence electrons. The molecule has 0 radical (unpaired) electrons. The largest absolute Gasteiger partial charge is 0.369 e.